The van der Waals surface area contributed by atoms with Crippen molar-refractivity contribution < 1.29 is 36.7 Å². The number of aryl methyl sites for hydroxylation is 2. The lowest BCUT2D eigenvalue weighted by Gasteiger charge is -2.14. The van der Waals surface area contributed by atoms with Crippen LogP contribution in [-0.2, 0) is 33.7 Å². The minimum Gasteiger partial charge on any atom is -0.461 e. The zero-order valence-electron chi connectivity index (χ0n) is 18.8. The molecule has 35 heavy (non-hydrogen) atoms. The van der Waals surface area contributed by atoms with Crippen molar-refractivity contribution in [3.8, 4) is 0 Å². The van der Waals surface area contributed by atoms with Crippen LogP contribution in [0.25, 0.3) is 10.2 Å². The standard InChI is InChI=1S/C23H21F4N3O4S/c1-3-34-23(33)21-19(28-10(2)31)16-11-6-4-5-7-14(11)35-22(16)30(21)9-15(32)29-20-17(26)12(24)8-13(25)18(20)27/h8H,3-7,9H2,1-2H3,(H,28,31)(H,29,32). The van der Waals surface area contributed by atoms with E-state index in [0.29, 0.717) is 16.6 Å². The minimum atomic E-state index is -1.76. The molecule has 2 amide bonds. The van der Waals surface area contributed by atoms with E-state index in [-0.39, 0.29) is 24.1 Å². The van der Waals surface area contributed by atoms with Gasteiger partial charge in [-0.2, -0.15) is 0 Å². The summed E-state index contributed by atoms with van der Waals surface area (Å²) in [5.41, 5.74) is -0.249. The van der Waals surface area contributed by atoms with Crippen molar-refractivity contribution in [3.63, 3.8) is 0 Å². The highest BCUT2D eigenvalue weighted by Gasteiger charge is 2.31. The monoisotopic (exact) mass is 511 g/mol. The van der Waals surface area contributed by atoms with Crippen LogP contribution in [0, 0.1) is 23.3 Å². The van der Waals surface area contributed by atoms with E-state index in [0.717, 1.165) is 29.7 Å². The third-order valence-electron chi connectivity index (χ3n) is 5.60. The second-order valence-electron chi connectivity index (χ2n) is 7.99. The van der Waals surface area contributed by atoms with Gasteiger partial charge in [0.1, 0.15) is 17.1 Å². The van der Waals surface area contributed by atoms with Gasteiger partial charge in [-0.05, 0) is 38.2 Å². The van der Waals surface area contributed by atoms with Crippen LogP contribution in [0.15, 0.2) is 6.07 Å². The fourth-order valence-corrected chi connectivity index (χ4v) is 5.62. The molecule has 1 aliphatic rings. The number of carbonyl (C=O) groups is 3. The first-order valence-corrected chi connectivity index (χ1v) is 11.7. The smallest absolute Gasteiger partial charge is 0.357 e. The largest absolute Gasteiger partial charge is 0.461 e. The van der Waals surface area contributed by atoms with Gasteiger partial charge in [0, 0.05) is 23.3 Å². The summed E-state index contributed by atoms with van der Waals surface area (Å²) < 4.78 is 61.8. The number of esters is 1. The highest BCUT2D eigenvalue weighted by molar-refractivity contribution is 7.19. The second kappa shape index (κ2) is 9.68. The molecule has 2 N–H and O–H groups in total. The molecular weight excluding hydrogens is 490 g/mol. The number of benzene rings is 1. The number of hydrogen-bond donors (Lipinski definition) is 2. The summed E-state index contributed by atoms with van der Waals surface area (Å²) in [5, 5.41) is 5.12. The summed E-state index contributed by atoms with van der Waals surface area (Å²) in [6.45, 7) is 2.24. The van der Waals surface area contributed by atoms with Crippen LogP contribution in [-0.4, -0.2) is 29.0 Å². The molecule has 0 radical (unpaired) electrons. The topological polar surface area (TPSA) is 89.4 Å². The van der Waals surface area contributed by atoms with Gasteiger partial charge >= 0.3 is 5.97 Å². The van der Waals surface area contributed by atoms with E-state index in [1.54, 1.807) is 6.92 Å². The second-order valence-corrected chi connectivity index (χ2v) is 9.08. The molecule has 186 valence electrons. The zero-order valence-corrected chi connectivity index (χ0v) is 19.6. The van der Waals surface area contributed by atoms with Crippen LogP contribution < -0.4 is 10.6 Å². The number of halogens is 4. The van der Waals surface area contributed by atoms with Gasteiger partial charge in [-0.1, -0.05) is 0 Å². The summed E-state index contributed by atoms with van der Waals surface area (Å²) in [5.74, 6) is -9.17. The molecule has 2 aromatic heterocycles. The van der Waals surface area contributed by atoms with Gasteiger partial charge in [0.05, 0.1) is 12.3 Å². The fraction of sp³-hybridized carbons (Fsp3) is 0.348. The summed E-state index contributed by atoms with van der Waals surface area (Å²) >= 11 is 1.34. The number of nitrogens with zero attached hydrogens (tertiary/aromatic N) is 1. The molecular formula is C23H21F4N3O4S. The van der Waals surface area contributed by atoms with Crippen LogP contribution in [0.3, 0.4) is 0 Å². The Labute approximate surface area is 201 Å². The lowest BCUT2D eigenvalue weighted by molar-refractivity contribution is -0.116. The van der Waals surface area contributed by atoms with Crippen LogP contribution in [0.2, 0.25) is 0 Å². The first kappa shape index (κ1) is 24.7. The predicted octanol–water partition coefficient (Wildman–Crippen LogP) is 4.91. The van der Waals surface area contributed by atoms with Gasteiger partial charge in [0.2, 0.25) is 11.8 Å². The predicted molar refractivity (Wildman–Crippen MR) is 122 cm³/mol. The van der Waals surface area contributed by atoms with Crippen LogP contribution in [0.5, 0.6) is 0 Å². The summed E-state index contributed by atoms with van der Waals surface area (Å²) in [7, 11) is 0. The number of hydrogen-bond acceptors (Lipinski definition) is 5. The molecule has 0 fully saturated rings. The number of fused-ring (bicyclic) bond motifs is 3. The van der Waals surface area contributed by atoms with Gasteiger partial charge in [0.25, 0.3) is 0 Å². The number of ether oxygens (including phenoxy) is 1. The molecule has 0 bridgehead atoms. The zero-order chi connectivity index (χ0) is 25.4. The Hall–Kier alpha value is -3.41. The molecule has 3 aromatic rings. The van der Waals surface area contributed by atoms with Crippen LogP contribution in [0.1, 0.15) is 47.6 Å². The molecule has 1 aliphatic carbocycles. The molecule has 0 atom stereocenters. The van der Waals surface area contributed by atoms with Gasteiger partial charge in [-0.15, -0.1) is 11.3 Å². The fourth-order valence-electron chi connectivity index (χ4n) is 4.22. The molecule has 2 heterocycles. The molecule has 0 saturated heterocycles. The van der Waals surface area contributed by atoms with Crippen molar-refractivity contribution in [2.75, 3.05) is 17.2 Å². The molecule has 1 aromatic carbocycles. The van der Waals surface area contributed by atoms with Crippen LogP contribution in [0.4, 0.5) is 28.9 Å². The maximum atomic E-state index is 14.1. The Balaban J connectivity index is 1.84. The SMILES string of the molecule is CCOC(=O)c1c(NC(C)=O)c2c3c(sc2n1CC(=O)Nc1c(F)c(F)cc(F)c1F)CCCC3. The van der Waals surface area contributed by atoms with Crippen molar-refractivity contribution in [1.82, 2.24) is 4.57 Å². The Bertz CT molecular complexity index is 1340. The van der Waals surface area contributed by atoms with Crippen molar-refractivity contribution >= 4 is 50.7 Å². The van der Waals surface area contributed by atoms with Gasteiger partial charge in [-0.3, -0.25) is 9.59 Å². The highest BCUT2D eigenvalue weighted by Crippen LogP contribution is 2.44. The number of nitrogens with one attached hydrogen (secondary N) is 2. The number of aromatic nitrogens is 1. The Morgan fingerprint density at radius 1 is 1.03 bits per heavy atom. The summed E-state index contributed by atoms with van der Waals surface area (Å²) in [4.78, 5) is 39.2. The number of amides is 2. The molecule has 7 nitrogen and oxygen atoms in total. The summed E-state index contributed by atoms with van der Waals surface area (Å²) in [6, 6.07) is 0.0323. The van der Waals surface area contributed by atoms with E-state index < -0.39 is 53.3 Å². The maximum absolute atomic E-state index is 14.1. The molecule has 4 rings (SSSR count). The number of anilines is 2. The first-order chi connectivity index (χ1) is 16.6. The summed E-state index contributed by atoms with van der Waals surface area (Å²) in [6.07, 6.45) is 3.36. The third kappa shape index (κ3) is 4.49. The van der Waals surface area contributed by atoms with Crippen molar-refractivity contribution in [1.29, 1.82) is 0 Å². The molecule has 0 unspecified atom stereocenters. The Morgan fingerprint density at radius 3 is 2.31 bits per heavy atom. The average Bonchev–Trinajstić information content (AvgIpc) is 3.31. The highest BCUT2D eigenvalue weighted by atomic mass is 32.1. The maximum Gasteiger partial charge on any atom is 0.357 e. The number of carbonyl (C=O) groups excluding carboxylic acids is 3. The minimum absolute atomic E-state index is 0.0144. The quantitative estimate of drug-likeness (QED) is 0.280. The molecule has 12 heteroatoms. The van der Waals surface area contributed by atoms with Crippen molar-refractivity contribution in [2.24, 2.45) is 0 Å². The van der Waals surface area contributed by atoms with Crippen molar-refractivity contribution in [3.05, 3.63) is 45.5 Å². The molecule has 0 spiro atoms. The number of rotatable bonds is 6. The Kier molecular flexibility index (Phi) is 6.84. The van der Waals surface area contributed by atoms with Crippen LogP contribution >= 0.6 is 11.3 Å². The number of thiophene rings is 1. The van der Waals surface area contributed by atoms with E-state index in [4.69, 9.17) is 4.74 Å². The Morgan fingerprint density at radius 2 is 1.69 bits per heavy atom. The normalized spacial score (nSPS) is 13.0. The van der Waals surface area contributed by atoms with Crippen molar-refractivity contribution in [2.45, 2.75) is 46.1 Å². The van der Waals surface area contributed by atoms with Gasteiger partial charge < -0.3 is 19.9 Å². The average molecular weight is 511 g/mol. The van der Waals surface area contributed by atoms with E-state index in [2.05, 4.69) is 5.32 Å². The third-order valence-corrected chi connectivity index (χ3v) is 6.92. The van der Waals surface area contributed by atoms with E-state index in [9.17, 15) is 31.9 Å². The molecule has 0 saturated carbocycles. The van der Waals surface area contributed by atoms with E-state index in [1.807, 2.05) is 5.32 Å². The molecule has 0 aliphatic heterocycles. The van der Waals surface area contributed by atoms with E-state index >= 15 is 0 Å². The van der Waals surface area contributed by atoms with Gasteiger partial charge in [-0.25, -0.2) is 22.4 Å². The van der Waals surface area contributed by atoms with Gasteiger partial charge in [0.15, 0.2) is 29.0 Å². The van der Waals surface area contributed by atoms with E-state index in [1.165, 1.54) is 22.8 Å². The lowest BCUT2D eigenvalue weighted by Crippen LogP contribution is -2.24. The lowest BCUT2D eigenvalue weighted by atomic mass is 9.96. The first-order valence-electron chi connectivity index (χ1n) is 10.9.